The zero-order valence-electron chi connectivity index (χ0n) is 10.7. The highest BCUT2D eigenvalue weighted by Crippen LogP contribution is 2.22. The minimum Gasteiger partial charge on any atom is -0.396 e. The maximum absolute atomic E-state index is 5.90. The predicted octanol–water partition coefficient (Wildman–Crippen LogP) is 1.29. The molecule has 0 atom stereocenters. The third-order valence-electron chi connectivity index (χ3n) is 3.68. The molecule has 0 amide bonds. The second kappa shape index (κ2) is 4.49. The SMILES string of the molecule is CCN1CCN(c2ccc3[nH]cc(N)c3n2)CC1. The number of nitrogens with zero attached hydrogens (tertiary/aromatic N) is 3. The number of rotatable bonds is 2. The summed E-state index contributed by atoms with van der Waals surface area (Å²) in [5, 5.41) is 0. The van der Waals surface area contributed by atoms with Crippen LogP contribution in [0.1, 0.15) is 6.92 Å². The van der Waals surface area contributed by atoms with Gasteiger partial charge in [-0.3, -0.25) is 0 Å². The fourth-order valence-corrected chi connectivity index (χ4v) is 2.48. The van der Waals surface area contributed by atoms with Gasteiger partial charge in [-0.05, 0) is 18.7 Å². The van der Waals surface area contributed by atoms with Crippen molar-refractivity contribution >= 4 is 22.5 Å². The summed E-state index contributed by atoms with van der Waals surface area (Å²) in [6, 6.07) is 4.13. The number of nitrogens with one attached hydrogen (secondary N) is 1. The summed E-state index contributed by atoms with van der Waals surface area (Å²) in [7, 11) is 0. The van der Waals surface area contributed by atoms with Crippen LogP contribution in [0.5, 0.6) is 0 Å². The van der Waals surface area contributed by atoms with Crippen LogP contribution in [0.2, 0.25) is 0 Å². The van der Waals surface area contributed by atoms with Gasteiger partial charge >= 0.3 is 0 Å². The Kier molecular flexibility index (Phi) is 2.83. The number of hydrogen-bond donors (Lipinski definition) is 2. The molecule has 0 saturated carbocycles. The molecule has 1 fully saturated rings. The first-order valence-electron chi connectivity index (χ1n) is 6.49. The topological polar surface area (TPSA) is 61.2 Å². The number of likely N-dealkylation sites (N-methyl/N-ethyl adjacent to an activating group) is 1. The van der Waals surface area contributed by atoms with Gasteiger partial charge in [-0.25, -0.2) is 4.98 Å². The highest BCUT2D eigenvalue weighted by Gasteiger charge is 2.17. The van der Waals surface area contributed by atoms with Gasteiger partial charge in [0, 0.05) is 32.4 Å². The van der Waals surface area contributed by atoms with Gasteiger partial charge in [-0.15, -0.1) is 0 Å². The second-order valence-electron chi connectivity index (χ2n) is 4.73. The zero-order chi connectivity index (χ0) is 12.5. The Labute approximate surface area is 107 Å². The standard InChI is InChI=1S/C13H19N5/c1-2-17-5-7-18(8-6-17)12-4-3-11-13(16-12)10(14)9-15-11/h3-4,9,15H,2,5-8,14H2,1H3. The number of aromatic nitrogens is 2. The Bertz CT molecular complexity index is 539. The summed E-state index contributed by atoms with van der Waals surface area (Å²) in [5.41, 5.74) is 8.50. The third-order valence-corrected chi connectivity index (χ3v) is 3.68. The van der Waals surface area contributed by atoms with E-state index in [1.807, 2.05) is 0 Å². The molecule has 0 spiro atoms. The molecule has 5 nitrogen and oxygen atoms in total. The fraction of sp³-hybridized carbons (Fsp3) is 0.462. The molecular weight excluding hydrogens is 226 g/mol. The lowest BCUT2D eigenvalue weighted by Crippen LogP contribution is -2.46. The van der Waals surface area contributed by atoms with Gasteiger partial charge in [0.15, 0.2) is 0 Å². The Hall–Kier alpha value is -1.75. The minimum atomic E-state index is 0.721. The number of anilines is 2. The number of nitrogen functional groups attached to an aromatic ring is 1. The van der Waals surface area contributed by atoms with E-state index in [0.29, 0.717) is 0 Å². The number of fused-ring (bicyclic) bond motifs is 1. The van der Waals surface area contributed by atoms with Crippen molar-refractivity contribution in [3.8, 4) is 0 Å². The van der Waals surface area contributed by atoms with Crippen LogP contribution in [0, 0.1) is 0 Å². The van der Waals surface area contributed by atoms with Crippen molar-refractivity contribution in [2.45, 2.75) is 6.92 Å². The van der Waals surface area contributed by atoms with Gasteiger partial charge in [0.25, 0.3) is 0 Å². The monoisotopic (exact) mass is 245 g/mol. The Balaban J connectivity index is 1.84. The van der Waals surface area contributed by atoms with Gasteiger partial charge in [0.05, 0.1) is 11.2 Å². The zero-order valence-corrected chi connectivity index (χ0v) is 10.7. The van der Waals surface area contributed by atoms with Crippen molar-refractivity contribution in [3.63, 3.8) is 0 Å². The molecule has 18 heavy (non-hydrogen) atoms. The van der Waals surface area contributed by atoms with Crippen LogP contribution in [-0.2, 0) is 0 Å². The van der Waals surface area contributed by atoms with E-state index in [2.05, 4.69) is 38.8 Å². The maximum atomic E-state index is 5.90. The highest BCUT2D eigenvalue weighted by atomic mass is 15.3. The summed E-state index contributed by atoms with van der Waals surface area (Å²) in [6.45, 7) is 7.64. The number of pyridine rings is 1. The molecule has 1 aliphatic heterocycles. The largest absolute Gasteiger partial charge is 0.396 e. The number of piperazine rings is 1. The lowest BCUT2D eigenvalue weighted by atomic mass is 10.3. The first-order valence-corrected chi connectivity index (χ1v) is 6.49. The van der Waals surface area contributed by atoms with E-state index in [-0.39, 0.29) is 0 Å². The molecule has 2 aromatic heterocycles. The van der Waals surface area contributed by atoms with Crippen molar-refractivity contribution in [2.24, 2.45) is 0 Å². The molecular formula is C13H19N5. The molecule has 1 aliphatic rings. The van der Waals surface area contributed by atoms with E-state index in [9.17, 15) is 0 Å². The van der Waals surface area contributed by atoms with Crippen LogP contribution in [0.15, 0.2) is 18.3 Å². The van der Waals surface area contributed by atoms with Crippen LogP contribution >= 0.6 is 0 Å². The smallest absolute Gasteiger partial charge is 0.129 e. The van der Waals surface area contributed by atoms with E-state index in [1.54, 1.807) is 6.20 Å². The molecule has 1 saturated heterocycles. The van der Waals surface area contributed by atoms with Gasteiger partial charge in [0.2, 0.25) is 0 Å². The molecule has 0 radical (unpaired) electrons. The molecule has 3 N–H and O–H groups in total. The van der Waals surface area contributed by atoms with Crippen molar-refractivity contribution < 1.29 is 0 Å². The highest BCUT2D eigenvalue weighted by molar-refractivity contribution is 5.88. The van der Waals surface area contributed by atoms with Crippen molar-refractivity contribution in [3.05, 3.63) is 18.3 Å². The number of aromatic amines is 1. The normalized spacial score (nSPS) is 17.5. The lowest BCUT2D eigenvalue weighted by Gasteiger charge is -2.34. The van der Waals surface area contributed by atoms with E-state index in [1.165, 1.54) is 0 Å². The Morgan fingerprint density at radius 1 is 1.28 bits per heavy atom. The average molecular weight is 245 g/mol. The van der Waals surface area contributed by atoms with Crippen LogP contribution in [0.4, 0.5) is 11.5 Å². The van der Waals surface area contributed by atoms with Gasteiger partial charge in [-0.1, -0.05) is 6.92 Å². The number of hydrogen-bond acceptors (Lipinski definition) is 4. The van der Waals surface area contributed by atoms with Gasteiger partial charge in [0.1, 0.15) is 11.3 Å². The molecule has 2 aromatic rings. The summed E-state index contributed by atoms with van der Waals surface area (Å²) >= 11 is 0. The van der Waals surface area contributed by atoms with Crippen LogP contribution < -0.4 is 10.6 Å². The second-order valence-corrected chi connectivity index (χ2v) is 4.73. The van der Waals surface area contributed by atoms with E-state index < -0.39 is 0 Å². The van der Waals surface area contributed by atoms with E-state index >= 15 is 0 Å². The molecule has 96 valence electrons. The molecule has 3 heterocycles. The lowest BCUT2D eigenvalue weighted by molar-refractivity contribution is 0.270. The molecule has 0 aliphatic carbocycles. The Morgan fingerprint density at radius 3 is 2.78 bits per heavy atom. The Morgan fingerprint density at radius 2 is 2.06 bits per heavy atom. The van der Waals surface area contributed by atoms with Gasteiger partial charge < -0.3 is 20.5 Å². The van der Waals surface area contributed by atoms with E-state index in [0.717, 1.165) is 55.3 Å². The summed E-state index contributed by atoms with van der Waals surface area (Å²) < 4.78 is 0. The minimum absolute atomic E-state index is 0.721. The molecule has 3 rings (SSSR count). The fourth-order valence-electron chi connectivity index (χ4n) is 2.48. The number of H-pyrrole nitrogens is 1. The van der Waals surface area contributed by atoms with Crippen molar-refractivity contribution in [2.75, 3.05) is 43.4 Å². The summed E-state index contributed by atoms with van der Waals surface area (Å²) in [5.74, 6) is 1.03. The quantitative estimate of drug-likeness (QED) is 0.837. The summed E-state index contributed by atoms with van der Waals surface area (Å²) in [6.07, 6.45) is 1.80. The first kappa shape index (κ1) is 11.3. The van der Waals surface area contributed by atoms with E-state index in [4.69, 9.17) is 5.73 Å². The van der Waals surface area contributed by atoms with Crippen LogP contribution in [0.3, 0.4) is 0 Å². The maximum Gasteiger partial charge on any atom is 0.129 e. The van der Waals surface area contributed by atoms with Crippen LogP contribution in [0.25, 0.3) is 11.0 Å². The van der Waals surface area contributed by atoms with Crippen LogP contribution in [-0.4, -0.2) is 47.6 Å². The third kappa shape index (κ3) is 1.90. The average Bonchev–Trinajstić information content (AvgIpc) is 2.80. The van der Waals surface area contributed by atoms with Gasteiger partial charge in [-0.2, -0.15) is 0 Å². The van der Waals surface area contributed by atoms with Crippen molar-refractivity contribution in [1.29, 1.82) is 0 Å². The first-order chi connectivity index (χ1) is 8.78. The molecule has 0 bridgehead atoms. The molecule has 0 unspecified atom stereocenters. The van der Waals surface area contributed by atoms with Crippen molar-refractivity contribution in [1.82, 2.24) is 14.9 Å². The number of nitrogens with two attached hydrogens (primary N) is 1. The predicted molar refractivity (Wildman–Crippen MR) is 74.8 cm³/mol. The summed E-state index contributed by atoms with van der Waals surface area (Å²) in [4.78, 5) is 12.6. The molecule has 5 heteroatoms. The molecule has 0 aromatic carbocycles.